The smallest absolute Gasteiger partial charge is 0.337 e. The molecule has 0 saturated heterocycles. The Balaban J connectivity index is 2.20. The van der Waals surface area contributed by atoms with Crippen molar-refractivity contribution in [3.05, 3.63) is 70.3 Å². The molecular weight excluding hydrogens is 302 g/mol. The van der Waals surface area contributed by atoms with E-state index >= 15 is 0 Å². The molecule has 0 saturated carbocycles. The molecule has 22 heavy (non-hydrogen) atoms. The second-order valence-electron chi connectivity index (χ2n) is 4.69. The lowest BCUT2D eigenvalue weighted by Crippen LogP contribution is -2.15. The molecule has 4 nitrogen and oxygen atoms in total. The molecule has 0 aromatic heterocycles. The SMILES string of the molecule is C/C(=C\c1cccc(Cl)c1)C(=O)Nc1ccccc1C(=O)O. The molecule has 0 heterocycles. The van der Waals surface area contributed by atoms with Gasteiger partial charge in [-0.25, -0.2) is 4.79 Å². The predicted octanol–water partition coefficient (Wildman–Crippen LogP) is 4.08. The molecule has 0 bridgehead atoms. The summed E-state index contributed by atoms with van der Waals surface area (Å²) in [4.78, 5) is 23.3. The van der Waals surface area contributed by atoms with E-state index in [0.29, 0.717) is 10.6 Å². The maximum atomic E-state index is 12.2. The molecule has 2 aromatic rings. The zero-order chi connectivity index (χ0) is 16.1. The number of amides is 1. The van der Waals surface area contributed by atoms with Gasteiger partial charge in [-0.05, 0) is 42.8 Å². The van der Waals surface area contributed by atoms with Gasteiger partial charge in [0.15, 0.2) is 0 Å². The second kappa shape index (κ2) is 6.91. The van der Waals surface area contributed by atoms with Gasteiger partial charge in [0.05, 0.1) is 11.3 Å². The van der Waals surface area contributed by atoms with Gasteiger partial charge < -0.3 is 10.4 Å². The first kappa shape index (κ1) is 15.8. The summed E-state index contributed by atoms with van der Waals surface area (Å²) in [5.74, 6) is -1.46. The number of anilines is 1. The standard InChI is InChI=1S/C17H14ClNO3/c1-11(9-12-5-4-6-13(18)10-12)16(20)19-15-8-3-2-7-14(15)17(21)22/h2-10H,1H3,(H,19,20)(H,21,22)/b11-9+. The van der Waals surface area contributed by atoms with E-state index in [2.05, 4.69) is 5.32 Å². The van der Waals surface area contributed by atoms with Crippen molar-refractivity contribution in [2.24, 2.45) is 0 Å². The van der Waals surface area contributed by atoms with E-state index in [4.69, 9.17) is 16.7 Å². The molecule has 0 spiro atoms. The topological polar surface area (TPSA) is 66.4 Å². The highest BCUT2D eigenvalue weighted by molar-refractivity contribution is 6.30. The number of carbonyl (C=O) groups is 2. The third-order valence-electron chi connectivity index (χ3n) is 3.00. The van der Waals surface area contributed by atoms with Crippen LogP contribution >= 0.6 is 11.6 Å². The van der Waals surface area contributed by atoms with Crippen LogP contribution in [0.15, 0.2) is 54.1 Å². The molecule has 2 rings (SSSR count). The Morgan fingerprint density at radius 3 is 2.55 bits per heavy atom. The Bertz CT molecular complexity index is 753. The van der Waals surface area contributed by atoms with Crippen LogP contribution in [-0.4, -0.2) is 17.0 Å². The van der Waals surface area contributed by atoms with Crippen LogP contribution in [0.1, 0.15) is 22.8 Å². The quantitative estimate of drug-likeness (QED) is 0.835. The van der Waals surface area contributed by atoms with Crippen LogP contribution in [0.5, 0.6) is 0 Å². The average Bonchev–Trinajstić information content (AvgIpc) is 2.47. The summed E-state index contributed by atoms with van der Waals surface area (Å²) in [5.41, 5.74) is 1.55. The molecule has 2 aromatic carbocycles. The number of aromatic carboxylic acids is 1. The Morgan fingerprint density at radius 1 is 1.14 bits per heavy atom. The van der Waals surface area contributed by atoms with Crippen LogP contribution in [0.25, 0.3) is 6.08 Å². The third-order valence-corrected chi connectivity index (χ3v) is 3.23. The van der Waals surface area contributed by atoms with Crippen LogP contribution in [0.4, 0.5) is 5.69 Å². The fraction of sp³-hybridized carbons (Fsp3) is 0.0588. The fourth-order valence-corrected chi connectivity index (χ4v) is 2.11. The molecule has 112 valence electrons. The number of hydrogen-bond acceptors (Lipinski definition) is 2. The summed E-state index contributed by atoms with van der Waals surface area (Å²) in [6.45, 7) is 1.65. The Kier molecular flexibility index (Phi) is 4.96. The molecule has 0 aliphatic carbocycles. The summed E-state index contributed by atoms with van der Waals surface area (Å²) >= 11 is 5.90. The second-order valence-corrected chi connectivity index (χ2v) is 5.12. The monoisotopic (exact) mass is 315 g/mol. The number of halogens is 1. The molecule has 0 atom stereocenters. The summed E-state index contributed by atoms with van der Waals surface area (Å²) in [7, 11) is 0. The first-order chi connectivity index (χ1) is 10.5. The highest BCUT2D eigenvalue weighted by Gasteiger charge is 2.12. The van der Waals surface area contributed by atoms with Crippen molar-refractivity contribution in [3.8, 4) is 0 Å². The zero-order valence-corrected chi connectivity index (χ0v) is 12.6. The van der Waals surface area contributed by atoms with E-state index in [1.54, 1.807) is 49.4 Å². The van der Waals surface area contributed by atoms with E-state index in [9.17, 15) is 9.59 Å². The lowest BCUT2D eigenvalue weighted by Gasteiger charge is -2.08. The molecule has 0 radical (unpaired) electrons. The lowest BCUT2D eigenvalue weighted by molar-refractivity contribution is -0.112. The Labute approximate surface area is 133 Å². The molecule has 5 heteroatoms. The van der Waals surface area contributed by atoms with E-state index in [1.807, 2.05) is 6.07 Å². The van der Waals surface area contributed by atoms with Crippen LogP contribution in [0.3, 0.4) is 0 Å². The van der Waals surface area contributed by atoms with Gasteiger partial charge in [0.2, 0.25) is 0 Å². The molecule has 2 N–H and O–H groups in total. The molecule has 0 fully saturated rings. The summed E-state index contributed by atoms with van der Waals surface area (Å²) in [6, 6.07) is 13.4. The predicted molar refractivity (Wildman–Crippen MR) is 87.1 cm³/mol. The summed E-state index contributed by atoms with van der Waals surface area (Å²) in [6.07, 6.45) is 1.69. The number of para-hydroxylation sites is 1. The highest BCUT2D eigenvalue weighted by Crippen LogP contribution is 2.17. The fourth-order valence-electron chi connectivity index (χ4n) is 1.91. The van der Waals surface area contributed by atoms with Gasteiger partial charge in [0, 0.05) is 10.6 Å². The summed E-state index contributed by atoms with van der Waals surface area (Å²) < 4.78 is 0. The van der Waals surface area contributed by atoms with Gasteiger partial charge in [-0.2, -0.15) is 0 Å². The van der Waals surface area contributed by atoms with Crippen molar-refractivity contribution >= 4 is 35.2 Å². The number of carboxylic acids is 1. The number of benzene rings is 2. The van der Waals surface area contributed by atoms with Crippen molar-refractivity contribution < 1.29 is 14.7 Å². The van der Waals surface area contributed by atoms with Gasteiger partial charge in [0.25, 0.3) is 5.91 Å². The number of carboxylic acid groups (broad SMARTS) is 1. The Hall–Kier alpha value is -2.59. The number of carbonyl (C=O) groups excluding carboxylic acids is 1. The van der Waals surface area contributed by atoms with Crippen molar-refractivity contribution in [3.63, 3.8) is 0 Å². The van der Waals surface area contributed by atoms with Gasteiger partial charge in [0.1, 0.15) is 0 Å². The van der Waals surface area contributed by atoms with Crippen LogP contribution in [-0.2, 0) is 4.79 Å². The van der Waals surface area contributed by atoms with E-state index in [0.717, 1.165) is 5.56 Å². The van der Waals surface area contributed by atoms with Gasteiger partial charge in [-0.15, -0.1) is 0 Å². The van der Waals surface area contributed by atoms with Gasteiger partial charge in [-0.1, -0.05) is 35.9 Å². The van der Waals surface area contributed by atoms with Gasteiger partial charge >= 0.3 is 5.97 Å². The molecular formula is C17H14ClNO3. The van der Waals surface area contributed by atoms with Crippen molar-refractivity contribution in [1.82, 2.24) is 0 Å². The van der Waals surface area contributed by atoms with E-state index < -0.39 is 5.97 Å². The average molecular weight is 316 g/mol. The zero-order valence-electron chi connectivity index (χ0n) is 11.8. The minimum atomic E-state index is -1.09. The lowest BCUT2D eigenvalue weighted by atomic mass is 10.1. The largest absolute Gasteiger partial charge is 0.478 e. The molecule has 0 aliphatic heterocycles. The van der Waals surface area contributed by atoms with Crippen LogP contribution < -0.4 is 5.32 Å². The number of hydrogen-bond donors (Lipinski definition) is 2. The minimum absolute atomic E-state index is 0.0476. The normalized spacial score (nSPS) is 11.1. The van der Waals surface area contributed by atoms with Gasteiger partial charge in [-0.3, -0.25) is 4.79 Å². The maximum absolute atomic E-state index is 12.2. The maximum Gasteiger partial charge on any atom is 0.337 e. The van der Waals surface area contributed by atoms with E-state index in [-0.39, 0.29) is 17.2 Å². The van der Waals surface area contributed by atoms with Crippen molar-refractivity contribution in [2.45, 2.75) is 6.92 Å². The molecule has 1 amide bonds. The summed E-state index contributed by atoms with van der Waals surface area (Å²) in [5, 5.41) is 12.3. The van der Waals surface area contributed by atoms with Crippen LogP contribution in [0.2, 0.25) is 5.02 Å². The number of nitrogens with one attached hydrogen (secondary N) is 1. The first-order valence-corrected chi connectivity index (χ1v) is 6.92. The van der Waals surface area contributed by atoms with Crippen LogP contribution in [0, 0.1) is 0 Å². The van der Waals surface area contributed by atoms with Crippen molar-refractivity contribution in [2.75, 3.05) is 5.32 Å². The molecule has 0 unspecified atom stereocenters. The third kappa shape index (κ3) is 3.96. The minimum Gasteiger partial charge on any atom is -0.478 e. The van der Waals surface area contributed by atoms with E-state index in [1.165, 1.54) is 6.07 Å². The molecule has 0 aliphatic rings. The highest BCUT2D eigenvalue weighted by atomic mass is 35.5. The Morgan fingerprint density at radius 2 is 1.86 bits per heavy atom. The number of rotatable bonds is 4. The van der Waals surface area contributed by atoms with Crippen molar-refractivity contribution in [1.29, 1.82) is 0 Å². The first-order valence-electron chi connectivity index (χ1n) is 6.55.